The van der Waals surface area contributed by atoms with E-state index >= 15 is 0 Å². The predicted molar refractivity (Wildman–Crippen MR) is 101 cm³/mol. The highest BCUT2D eigenvalue weighted by Gasteiger charge is 2.52. The fraction of sp³-hybridized carbons (Fsp3) is 0.667. The molecule has 3 unspecified atom stereocenters. The van der Waals surface area contributed by atoms with Crippen LogP contribution in [-0.2, 0) is 11.2 Å². The number of piperidine rings is 1. The van der Waals surface area contributed by atoms with Crippen molar-refractivity contribution in [3.8, 4) is 6.07 Å². The van der Waals surface area contributed by atoms with Gasteiger partial charge in [-0.2, -0.15) is 5.26 Å². The smallest absolute Gasteiger partial charge is 0.338 e. The number of rotatable bonds is 6. The molecule has 6 heteroatoms. The minimum absolute atomic E-state index is 0.0180. The van der Waals surface area contributed by atoms with Crippen LogP contribution in [0.1, 0.15) is 66.7 Å². The van der Waals surface area contributed by atoms with Crippen molar-refractivity contribution in [3.63, 3.8) is 0 Å². The van der Waals surface area contributed by atoms with E-state index < -0.39 is 5.97 Å². The van der Waals surface area contributed by atoms with E-state index in [2.05, 4.69) is 16.8 Å². The summed E-state index contributed by atoms with van der Waals surface area (Å²) in [5, 5.41) is 18.9. The highest BCUT2D eigenvalue weighted by atomic mass is 16.5. The maximum Gasteiger partial charge on any atom is 0.338 e. The highest BCUT2D eigenvalue weighted by Crippen LogP contribution is 2.50. The summed E-state index contributed by atoms with van der Waals surface area (Å²) in [6.07, 6.45) is 5.62. The Morgan fingerprint density at radius 2 is 2.22 bits per heavy atom. The first-order valence-corrected chi connectivity index (χ1v) is 9.93. The van der Waals surface area contributed by atoms with E-state index in [9.17, 15) is 15.2 Å². The van der Waals surface area contributed by atoms with Gasteiger partial charge in [0.1, 0.15) is 11.9 Å². The van der Waals surface area contributed by atoms with Crippen LogP contribution < -0.4 is 4.90 Å². The van der Waals surface area contributed by atoms with Gasteiger partial charge in [-0.3, -0.25) is 0 Å². The van der Waals surface area contributed by atoms with Crippen LogP contribution in [-0.4, -0.2) is 41.4 Å². The minimum Gasteiger partial charge on any atom is -0.478 e. The van der Waals surface area contributed by atoms with Gasteiger partial charge < -0.3 is 14.7 Å². The summed E-state index contributed by atoms with van der Waals surface area (Å²) < 4.78 is 6.25. The second-order valence-corrected chi connectivity index (χ2v) is 8.64. The number of carboxylic acid groups (broad SMARTS) is 1. The maximum absolute atomic E-state index is 11.6. The van der Waals surface area contributed by atoms with Gasteiger partial charge in [0.15, 0.2) is 5.69 Å². The summed E-state index contributed by atoms with van der Waals surface area (Å²) in [7, 11) is 0. The van der Waals surface area contributed by atoms with Gasteiger partial charge in [-0.05, 0) is 55.6 Å². The number of fused-ring (bicyclic) bond motifs is 1. The lowest BCUT2D eigenvalue weighted by Crippen LogP contribution is -2.40. The van der Waals surface area contributed by atoms with E-state index in [0.717, 1.165) is 37.4 Å². The molecule has 4 rings (SSSR count). The predicted octanol–water partition coefficient (Wildman–Crippen LogP) is 3.31. The number of hydrogen-bond donors (Lipinski definition) is 1. The summed E-state index contributed by atoms with van der Waals surface area (Å²) in [5.41, 5.74) is 2.08. The maximum atomic E-state index is 11.6. The zero-order valence-corrected chi connectivity index (χ0v) is 16.3. The molecule has 0 radical (unpaired) electrons. The second-order valence-electron chi connectivity index (χ2n) is 8.64. The van der Waals surface area contributed by atoms with Crippen molar-refractivity contribution in [2.45, 2.75) is 65.0 Å². The molecule has 0 aromatic carbocycles. The van der Waals surface area contributed by atoms with Crippen LogP contribution in [0.25, 0.3) is 0 Å². The van der Waals surface area contributed by atoms with Crippen molar-refractivity contribution >= 4 is 11.8 Å². The molecule has 1 saturated heterocycles. The highest BCUT2D eigenvalue weighted by molar-refractivity contribution is 5.92. The first kappa shape index (κ1) is 18.2. The van der Waals surface area contributed by atoms with Gasteiger partial charge in [-0.1, -0.05) is 13.8 Å². The molecule has 0 amide bonds. The van der Waals surface area contributed by atoms with Crippen LogP contribution in [0.2, 0.25) is 0 Å². The van der Waals surface area contributed by atoms with Gasteiger partial charge in [0.2, 0.25) is 0 Å². The number of hydrogen-bond acceptors (Lipinski definition) is 5. The fourth-order valence-electron chi connectivity index (χ4n) is 4.47. The fourth-order valence-corrected chi connectivity index (χ4v) is 4.47. The van der Waals surface area contributed by atoms with Crippen LogP contribution in [0.4, 0.5) is 5.82 Å². The van der Waals surface area contributed by atoms with Crippen molar-refractivity contribution < 1.29 is 14.6 Å². The van der Waals surface area contributed by atoms with Crippen LogP contribution in [0, 0.1) is 29.6 Å². The molecule has 1 aromatic heterocycles. The Bertz CT molecular complexity index is 825. The third-order valence-corrected chi connectivity index (χ3v) is 6.58. The van der Waals surface area contributed by atoms with Crippen LogP contribution in [0.15, 0.2) is 0 Å². The van der Waals surface area contributed by atoms with Crippen LogP contribution in [0.3, 0.4) is 0 Å². The zero-order valence-electron chi connectivity index (χ0n) is 16.3. The summed E-state index contributed by atoms with van der Waals surface area (Å²) in [4.78, 5) is 18.4. The standard InChI is InChI=1S/C21H27N3O3/c1-4-13-12(2)18(20(25)26)15(10-22)23-19(13)24-8-5-17(14-9-16(14)24)27-11-21(3)6-7-21/h14,16-17H,4-9,11H2,1-3H3,(H,25,26). The molecule has 0 bridgehead atoms. The summed E-state index contributed by atoms with van der Waals surface area (Å²) in [5.74, 6) is 0.247. The molecular formula is C21H27N3O3. The van der Waals surface area contributed by atoms with Crippen LogP contribution >= 0.6 is 0 Å². The number of carboxylic acids is 1. The summed E-state index contributed by atoms with van der Waals surface area (Å²) >= 11 is 0. The average molecular weight is 369 g/mol. The molecule has 1 aromatic rings. The molecule has 3 fully saturated rings. The third kappa shape index (κ3) is 3.19. The molecule has 144 valence electrons. The molecule has 27 heavy (non-hydrogen) atoms. The second kappa shape index (κ2) is 6.49. The molecular weight excluding hydrogens is 342 g/mol. The van der Waals surface area contributed by atoms with Crippen molar-refractivity contribution in [3.05, 3.63) is 22.4 Å². The van der Waals surface area contributed by atoms with Gasteiger partial charge >= 0.3 is 5.97 Å². The number of ether oxygens (including phenoxy) is 1. The van der Waals surface area contributed by atoms with Crippen molar-refractivity contribution in [1.29, 1.82) is 5.26 Å². The van der Waals surface area contributed by atoms with E-state index in [1.807, 2.05) is 13.0 Å². The Morgan fingerprint density at radius 3 is 2.81 bits per heavy atom. The van der Waals surface area contributed by atoms with E-state index in [0.29, 0.717) is 35.5 Å². The van der Waals surface area contributed by atoms with Gasteiger partial charge in [-0.25, -0.2) is 9.78 Å². The summed E-state index contributed by atoms with van der Waals surface area (Å²) in [6, 6.07) is 2.38. The SMILES string of the molecule is CCc1c(N2CCC(OCC3(C)CC3)C3CC32)nc(C#N)c(C(=O)O)c1C. The summed E-state index contributed by atoms with van der Waals surface area (Å²) in [6.45, 7) is 7.82. The van der Waals surface area contributed by atoms with E-state index in [4.69, 9.17) is 4.74 Å². The minimum atomic E-state index is -1.08. The number of aromatic carboxylic acids is 1. The lowest BCUT2D eigenvalue weighted by molar-refractivity contribution is 0.00311. The van der Waals surface area contributed by atoms with Crippen LogP contribution in [0.5, 0.6) is 0 Å². The lowest BCUT2D eigenvalue weighted by atomic mass is 9.98. The molecule has 2 aliphatic carbocycles. The zero-order chi connectivity index (χ0) is 19.3. The van der Waals surface area contributed by atoms with Gasteiger partial charge in [0, 0.05) is 18.5 Å². The number of pyridine rings is 1. The normalized spacial score (nSPS) is 27.6. The first-order chi connectivity index (χ1) is 12.9. The molecule has 1 N–H and O–H groups in total. The Morgan fingerprint density at radius 1 is 1.48 bits per heavy atom. The Labute approximate surface area is 160 Å². The quantitative estimate of drug-likeness (QED) is 0.828. The molecule has 2 saturated carbocycles. The van der Waals surface area contributed by atoms with Gasteiger partial charge in [0.25, 0.3) is 0 Å². The van der Waals surface area contributed by atoms with Crippen molar-refractivity contribution in [1.82, 2.24) is 4.98 Å². The Balaban J connectivity index is 1.57. The number of anilines is 1. The largest absolute Gasteiger partial charge is 0.478 e. The molecule has 2 heterocycles. The Hall–Kier alpha value is -2.13. The van der Waals surface area contributed by atoms with Gasteiger partial charge in [0.05, 0.1) is 18.3 Å². The van der Waals surface area contributed by atoms with Gasteiger partial charge in [-0.15, -0.1) is 0 Å². The molecule has 6 nitrogen and oxygen atoms in total. The molecule has 1 aliphatic heterocycles. The number of nitrogens with zero attached hydrogens (tertiary/aromatic N) is 3. The number of aromatic nitrogens is 1. The monoisotopic (exact) mass is 369 g/mol. The van der Waals surface area contributed by atoms with Crippen molar-refractivity contribution in [2.75, 3.05) is 18.1 Å². The van der Waals surface area contributed by atoms with E-state index in [-0.39, 0.29) is 11.3 Å². The molecule has 0 spiro atoms. The van der Waals surface area contributed by atoms with E-state index in [1.54, 1.807) is 6.92 Å². The van der Waals surface area contributed by atoms with Crippen molar-refractivity contribution in [2.24, 2.45) is 11.3 Å². The lowest BCUT2D eigenvalue weighted by Gasteiger charge is -2.34. The first-order valence-electron chi connectivity index (χ1n) is 9.93. The topological polar surface area (TPSA) is 86.5 Å². The Kier molecular flexibility index (Phi) is 4.38. The average Bonchev–Trinajstić information content (AvgIpc) is 3.55. The number of nitriles is 1. The molecule has 3 atom stereocenters. The third-order valence-electron chi connectivity index (χ3n) is 6.58. The molecule has 3 aliphatic rings. The van der Waals surface area contributed by atoms with E-state index in [1.165, 1.54) is 12.8 Å². The number of carbonyl (C=O) groups is 1.